The second-order valence-electron chi connectivity index (χ2n) is 5.42. The maximum atomic E-state index is 12.0. The summed E-state index contributed by atoms with van der Waals surface area (Å²) in [5.74, 6) is 0.606. The van der Waals surface area contributed by atoms with E-state index < -0.39 is 6.10 Å². The Morgan fingerprint density at radius 3 is 3.05 bits per heavy atom. The average Bonchev–Trinajstić information content (AvgIpc) is 2.88. The van der Waals surface area contributed by atoms with Crippen molar-refractivity contribution in [1.82, 2.24) is 5.32 Å². The van der Waals surface area contributed by atoms with Crippen LogP contribution in [-0.4, -0.2) is 24.2 Å². The summed E-state index contributed by atoms with van der Waals surface area (Å²) in [5, 5.41) is 2.81. The highest BCUT2D eigenvalue weighted by atomic mass is 16.5. The van der Waals surface area contributed by atoms with Gasteiger partial charge >= 0.3 is 0 Å². The molecular weight excluding hydrogens is 256 g/mol. The second kappa shape index (κ2) is 7.45. The first-order valence-corrected chi connectivity index (χ1v) is 7.38. The zero-order valence-electron chi connectivity index (χ0n) is 12.0. The minimum atomic E-state index is -0.487. The maximum Gasteiger partial charge on any atom is 0.249 e. The molecule has 3 unspecified atom stereocenters. The van der Waals surface area contributed by atoms with Crippen LogP contribution in [-0.2, 0) is 16.1 Å². The number of hydrogen-bond donors (Lipinski definition) is 2. The van der Waals surface area contributed by atoms with Crippen LogP contribution < -0.4 is 11.1 Å². The summed E-state index contributed by atoms with van der Waals surface area (Å²) >= 11 is 0. The molecule has 0 radical (unpaired) electrons. The van der Waals surface area contributed by atoms with Gasteiger partial charge in [0.1, 0.15) is 11.9 Å². The van der Waals surface area contributed by atoms with Gasteiger partial charge in [-0.05, 0) is 31.9 Å². The van der Waals surface area contributed by atoms with E-state index >= 15 is 0 Å². The predicted octanol–water partition coefficient (Wildman–Crippen LogP) is 1.96. The number of nitrogens with one attached hydrogen (secondary N) is 1. The van der Waals surface area contributed by atoms with E-state index in [-0.39, 0.29) is 18.1 Å². The lowest BCUT2D eigenvalue weighted by molar-refractivity contribution is -0.136. The van der Waals surface area contributed by atoms with Crippen molar-refractivity contribution in [2.24, 2.45) is 5.73 Å². The van der Waals surface area contributed by atoms with E-state index in [0.717, 1.165) is 31.4 Å². The number of carbonyl (C=O) groups excluding carboxylic acids is 1. The third-order valence-electron chi connectivity index (χ3n) is 3.77. The molecule has 112 valence electrons. The highest BCUT2D eigenvalue weighted by Crippen LogP contribution is 2.20. The molecule has 1 fully saturated rings. The molecule has 2 rings (SSSR count). The molecule has 3 N–H and O–H groups in total. The molecule has 1 aliphatic carbocycles. The van der Waals surface area contributed by atoms with E-state index in [0.29, 0.717) is 6.54 Å². The molecule has 0 aliphatic heterocycles. The first-order chi connectivity index (χ1) is 9.66. The van der Waals surface area contributed by atoms with Gasteiger partial charge in [0.15, 0.2) is 0 Å². The van der Waals surface area contributed by atoms with E-state index in [1.54, 1.807) is 19.3 Å². The number of ether oxygens (including phenoxy) is 1. The Hall–Kier alpha value is -1.33. The topological polar surface area (TPSA) is 77.5 Å². The molecule has 0 saturated heterocycles. The van der Waals surface area contributed by atoms with E-state index in [1.165, 1.54) is 6.42 Å². The number of furan rings is 1. The Labute approximate surface area is 119 Å². The van der Waals surface area contributed by atoms with Gasteiger partial charge in [-0.15, -0.1) is 0 Å². The minimum Gasteiger partial charge on any atom is -0.467 e. The Bertz CT molecular complexity index is 405. The molecule has 3 atom stereocenters. The largest absolute Gasteiger partial charge is 0.467 e. The van der Waals surface area contributed by atoms with Gasteiger partial charge in [0.05, 0.1) is 18.9 Å². The van der Waals surface area contributed by atoms with Crippen LogP contribution in [0, 0.1) is 0 Å². The molecule has 20 heavy (non-hydrogen) atoms. The van der Waals surface area contributed by atoms with Crippen molar-refractivity contribution in [3.63, 3.8) is 0 Å². The van der Waals surface area contributed by atoms with Gasteiger partial charge < -0.3 is 20.2 Å². The Kier molecular flexibility index (Phi) is 5.61. The Morgan fingerprint density at radius 1 is 1.50 bits per heavy atom. The van der Waals surface area contributed by atoms with Crippen LogP contribution in [0.25, 0.3) is 0 Å². The fraction of sp³-hybridized carbons (Fsp3) is 0.667. The summed E-state index contributed by atoms with van der Waals surface area (Å²) in [5.41, 5.74) is 6.11. The van der Waals surface area contributed by atoms with Crippen LogP contribution in [0.15, 0.2) is 22.8 Å². The SMILES string of the molecule is CC(OC1CCCCCC1N)C(=O)NCc1ccco1. The maximum absolute atomic E-state index is 12.0. The van der Waals surface area contributed by atoms with E-state index in [4.69, 9.17) is 14.9 Å². The molecule has 5 nitrogen and oxygen atoms in total. The van der Waals surface area contributed by atoms with E-state index in [2.05, 4.69) is 5.32 Å². The van der Waals surface area contributed by atoms with Gasteiger partial charge in [-0.1, -0.05) is 19.3 Å². The average molecular weight is 280 g/mol. The molecule has 0 aromatic carbocycles. The quantitative estimate of drug-likeness (QED) is 0.808. The lowest BCUT2D eigenvalue weighted by atomic mass is 10.1. The molecule has 1 aromatic heterocycles. The minimum absolute atomic E-state index is 0.0122. The smallest absolute Gasteiger partial charge is 0.249 e. The van der Waals surface area contributed by atoms with Gasteiger partial charge in [-0.3, -0.25) is 4.79 Å². The van der Waals surface area contributed by atoms with Crippen LogP contribution in [0.5, 0.6) is 0 Å². The van der Waals surface area contributed by atoms with Crippen molar-refractivity contribution in [2.45, 2.75) is 63.8 Å². The molecule has 0 spiro atoms. The molecule has 0 bridgehead atoms. The van der Waals surface area contributed by atoms with Gasteiger partial charge in [0.25, 0.3) is 0 Å². The monoisotopic (exact) mass is 280 g/mol. The van der Waals surface area contributed by atoms with Crippen LogP contribution in [0.1, 0.15) is 44.8 Å². The first kappa shape index (κ1) is 15.1. The molecule has 1 amide bonds. The lowest BCUT2D eigenvalue weighted by Crippen LogP contribution is -2.42. The molecular formula is C15H24N2O3. The highest BCUT2D eigenvalue weighted by molar-refractivity contribution is 5.80. The number of nitrogens with two attached hydrogens (primary N) is 1. The van der Waals surface area contributed by atoms with E-state index in [9.17, 15) is 4.79 Å². The lowest BCUT2D eigenvalue weighted by Gasteiger charge is -2.25. The summed E-state index contributed by atoms with van der Waals surface area (Å²) in [4.78, 5) is 12.0. The number of rotatable bonds is 5. The van der Waals surface area contributed by atoms with Crippen molar-refractivity contribution in [3.8, 4) is 0 Å². The number of hydrogen-bond acceptors (Lipinski definition) is 4. The summed E-state index contributed by atoms with van der Waals surface area (Å²) in [6.07, 6.45) is 6.49. The normalized spacial score (nSPS) is 24.9. The Morgan fingerprint density at radius 2 is 2.30 bits per heavy atom. The number of carbonyl (C=O) groups is 1. The van der Waals surface area contributed by atoms with Gasteiger partial charge in [0.2, 0.25) is 5.91 Å². The highest BCUT2D eigenvalue weighted by Gasteiger charge is 2.25. The molecule has 1 aliphatic rings. The van der Waals surface area contributed by atoms with Crippen LogP contribution >= 0.6 is 0 Å². The van der Waals surface area contributed by atoms with Gasteiger partial charge in [-0.25, -0.2) is 0 Å². The van der Waals surface area contributed by atoms with Crippen molar-refractivity contribution in [1.29, 1.82) is 0 Å². The van der Waals surface area contributed by atoms with Crippen molar-refractivity contribution < 1.29 is 13.9 Å². The van der Waals surface area contributed by atoms with Crippen LogP contribution in [0.4, 0.5) is 0 Å². The van der Waals surface area contributed by atoms with Crippen molar-refractivity contribution in [2.75, 3.05) is 0 Å². The zero-order valence-corrected chi connectivity index (χ0v) is 12.0. The standard InChI is InChI=1S/C15H24N2O3/c1-11(15(18)17-10-12-6-5-9-19-12)20-14-8-4-2-3-7-13(14)16/h5-6,9,11,13-14H,2-4,7-8,10,16H2,1H3,(H,17,18). The van der Waals surface area contributed by atoms with Crippen LogP contribution in [0.2, 0.25) is 0 Å². The molecule has 1 saturated carbocycles. The first-order valence-electron chi connectivity index (χ1n) is 7.38. The van der Waals surface area contributed by atoms with Crippen molar-refractivity contribution in [3.05, 3.63) is 24.2 Å². The molecule has 1 aromatic rings. The molecule has 1 heterocycles. The fourth-order valence-electron chi connectivity index (χ4n) is 2.53. The summed E-state index contributed by atoms with van der Waals surface area (Å²) in [7, 11) is 0. The van der Waals surface area contributed by atoms with E-state index in [1.807, 2.05) is 6.07 Å². The number of amides is 1. The fourth-order valence-corrected chi connectivity index (χ4v) is 2.53. The van der Waals surface area contributed by atoms with Crippen LogP contribution in [0.3, 0.4) is 0 Å². The summed E-state index contributed by atoms with van der Waals surface area (Å²) in [6, 6.07) is 3.66. The van der Waals surface area contributed by atoms with Crippen molar-refractivity contribution >= 4 is 5.91 Å². The second-order valence-corrected chi connectivity index (χ2v) is 5.42. The van der Waals surface area contributed by atoms with Gasteiger partial charge in [-0.2, -0.15) is 0 Å². The third-order valence-corrected chi connectivity index (χ3v) is 3.77. The molecule has 5 heteroatoms. The third kappa shape index (κ3) is 4.35. The zero-order chi connectivity index (χ0) is 14.4. The summed E-state index contributed by atoms with van der Waals surface area (Å²) in [6.45, 7) is 2.16. The Balaban J connectivity index is 1.77. The predicted molar refractivity (Wildman–Crippen MR) is 76.0 cm³/mol. The summed E-state index contributed by atoms with van der Waals surface area (Å²) < 4.78 is 11.0. The van der Waals surface area contributed by atoms with Gasteiger partial charge in [0, 0.05) is 6.04 Å².